The van der Waals surface area contributed by atoms with E-state index in [9.17, 15) is 5.11 Å². The first-order valence-electron chi connectivity index (χ1n) is 5.52. The van der Waals surface area contributed by atoms with Crippen LogP contribution < -0.4 is 5.32 Å². The second-order valence-corrected chi connectivity index (χ2v) is 5.53. The molecule has 0 spiro atoms. The number of hydrogen-bond donors (Lipinski definition) is 2. The number of aromatic nitrogens is 1. The lowest BCUT2D eigenvalue weighted by Crippen LogP contribution is -2.18. The highest BCUT2D eigenvalue weighted by Gasteiger charge is 2.41. The Morgan fingerprint density at radius 3 is 2.88 bits per heavy atom. The zero-order chi connectivity index (χ0) is 11.0. The van der Waals surface area contributed by atoms with Crippen molar-refractivity contribution in [1.29, 1.82) is 0 Å². The van der Waals surface area contributed by atoms with Crippen LogP contribution in [0.4, 0.5) is 5.13 Å². The summed E-state index contributed by atoms with van der Waals surface area (Å²) in [4.78, 5) is 4.50. The Bertz CT molecular complexity index is 471. The maximum absolute atomic E-state index is 9.22. The smallest absolute Gasteiger partial charge is 0.183 e. The summed E-state index contributed by atoms with van der Waals surface area (Å²) in [5.41, 5.74) is 1.18. The van der Waals surface area contributed by atoms with Crippen LogP contribution in [-0.2, 0) is 0 Å². The quantitative estimate of drug-likeness (QED) is 0.854. The van der Waals surface area contributed by atoms with E-state index in [-0.39, 0.29) is 12.0 Å². The molecule has 1 aliphatic rings. The summed E-state index contributed by atoms with van der Waals surface area (Å²) >= 11 is 1.67. The van der Waals surface area contributed by atoms with Crippen LogP contribution in [0.25, 0.3) is 10.2 Å². The van der Waals surface area contributed by atoms with Gasteiger partial charge in [-0.3, -0.25) is 0 Å². The molecule has 0 amide bonds. The van der Waals surface area contributed by atoms with Crippen LogP contribution in [0.2, 0.25) is 0 Å². The summed E-state index contributed by atoms with van der Waals surface area (Å²) in [6.45, 7) is 1.12. The van der Waals surface area contributed by atoms with E-state index in [0.717, 1.165) is 30.0 Å². The molecule has 1 fully saturated rings. The van der Waals surface area contributed by atoms with E-state index < -0.39 is 0 Å². The van der Waals surface area contributed by atoms with Gasteiger partial charge in [0.25, 0.3) is 0 Å². The molecule has 4 heteroatoms. The van der Waals surface area contributed by atoms with Crippen LogP contribution >= 0.6 is 11.3 Å². The van der Waals surface area contributed by atoms with Crippen molar-refractivity contribution in [3.63, 3.8) is 0 Å². The summed E-state index contributed by atoms with van der Waals surface area (Å²) in [7, 11) is 0. The average Bonchev–Trinajstić information content (AvgIpc) is 2.98. The third-order valence-electron chi connectivity index (χ3n) is 3.20. The maximum atomic E-state index is 9.22. The Morgan fingerprint density at radius 1 is 1.38 bits per heavy atom. The van der Waals surface area contributed by atoms with E-state index >= 15 is 0 Å². The highest BCUT2D eigenvalue weighted by molar-refractivity contribution is 7.22. The van der Waals surface area contributed by atoms with Gasteiger partial charge in [0.1, 0.15) is 0 Å². The average molecular weight is 234 g/mol. The molecule has 0 atom stereocenters. The predicted molar refractivity (Wildman–Crippen MR) is 66.9 cm³/mol. The molecule has 84 valence electrons. The summed E-state index contributed by atoms with van der Waals surface area (Å²) in [5, 5.41) is 13.5. The van der Waals surface area contributed by atoms with Crippen molar-refractivity contribution < 1.29 is 5.11 Å². The van der Waals surface area contributed by atoms with Gasteiger partial charge in [0.15, 0.2) is 5.13 Å². The first kappa shape index (κ1) is 10.1. The molecule has 2 aromatic rings. The zero-order valence-corrected chi connectivity index (χ0v) is 9.76. The highest BCUT2D eigenvalue weighted by Crippen LogP contribution is 2.45. The number of hydrogen-bond acceptors (Lipinski definition) is 4. The number of fused-ring (bicyclic) bond motifs is 1. The Morgan fingerprint density at radius 2 is 2.19 bits per heavy atom. The molecule has 0 radical (unpaired) electrons. The first-order chi connectivity index (χ1) is 7.81. The summed E-state index contributed by atoms with van der Waals surface area (Å²) in [6.07, 6.45) is 2.25. The molecule has 0 saturated heterocycles. The number of anilines is 1. The lowest BCUT2D eigenvalue weighted by atomic mass is 10.1. The van der Waals surface area contributed by atoms with Crippen LogP contribution in [0.15, 0.2) is 24.3 Å². The number of rotatable bonds is 4. The van der Waals surface area contributed by atoms with Crippen molar-refractivity contribution in [2.24, 2.45) is 5.41 Å². The Kier molecular flexibility index (Phi) is 2.33. The zero-order valence-electron chi connectivity index (χ0n) is 8.94. The molecule has 0 bridgehead atoms. The van der Waals surface area contributed by atoms with Crippen molar-refractivity contribution in [2.75, 3.05) is 18.5 Å². The van der Waals surface area contributed by atoms with E-state index in [4.69, 9.17) is 0 Å². The van der Waals surface area contributed by atoms with Gasteiger partial charge in [0.2, 0.25) is 0 Å². The van der Waals surface area contributed by atoms with Crippen LogP contribution in [0.1, 0.15) is 12.8 Å². The summed E-state index contributed by atoms with van der Waals surface area (Å²) in [5.74, 6) is 0. The van der Waals surface area contributed by atoms with Gasteiger partial charge in [-0.05, 0) is 25.0 Å². The third-order valence-corrected chi connectivity index (χ3v) is 4.20. The van der Waals surface area contributed by atoms with E-state index in [2.05, 4.69) is 16.4 Å². The molecule has 3 rings (SSSR count). The Balaban J connectivity index is 1.74. The second-order valence-electron chi connectivity index (χ2n) is 4.50. The van der Waals surface area contributed by atoms with Crippen LogP contribution in [0, 0.1) is 5.41 Å². The minimum absolute atomic E-state index is 0.137. The lowest BCUT2D eigenvalue weighted by molar-refractivity contribution is 0.220. The van der Waals surface area contributed by atoms with Gasteiger partial charge >= 0.3 is 0 Å². The minimum atomic E-state index is 0.137. The van der Waals surface area contributed by atoms with Gasteiger partial charge < -0.3 is 10.4 Å². The predicted octanol–water partition coefficient (Wildman–Crippen LogP) is 2.48. The van der Waals surface area contributed by atoms with E-state index in [1.165, 1.54) is 4.70 Å². The largest absolute Gasteiger partial charge is 0.396 e. The van der Waals surface area contributed by atoms with Gasteiger partial charge in [-0.25, -0.2) is 4.98 Å². The van der Waals surface area contributed by atoms with Crippen molar-refractivity contribution in [3.8, 4) is 0 Å². The number of aliphatic hydroxyl groups excluding tert-OH is 1. The van der Waals surface area contributed by atoms with Crippen molar-refractivity contribution >= 4 is 26.7 Å². The SMILES string of the molecule is OCC1(CNc2nc3ccccc3s2)CC1. The van der Waals surface area contributed by atoms with Crippen molar-refractivity contribution in [3.05, 3.63) is 24.3 Å². The number of aliphatic hydroxyl groups is 1. The highest BCUT2D eigenvalue weighted by atomic mass is 32.1. The molecule has 2 N–H and O–H groups in total. The molecular weight excluding hydrogens is 220 g/mol. The fraction of sp³-hybridized carbons (Fsp3) is 0.417. The lowest BCUT2D eigenvalue weighted by Gasteiger charge is -2.11. The van der Waals surface area contributed by atoms with Crippen LogP contribution in [0.5, 0.6) is 0 Å². The standard InChI is InChI=1S/C12H14N2OS/c15-8-12(5-6-12)7-13-11-14-9-3-1-2-4-10(9)16-11/h1-4,15H,5-8H2,(H,13,14). The monoisotopic (exact) mass is 234 g/mol. The van der Waals surface area contributed by atoms with Gasteiger partial charge in [-0.1, -0.05) is 23.5 Å². The van der Waals surface area contributed by atoms with E-state index in [1.54, 1.807) is 11.3 Å². The van der Waals surface area contributed by atoms with E-state index in [1.807, 2.05) is 18.2 Å². The first-order valence-corrected chi connectivity index (χ1v) is 6.33. The van der Waals surface area contributed by atoms with Crippen molar-refractivity contribution in [2.45, 2.75) is 12.8 Å². The van der Waals surface area contributed by atoms with Gasteiger partial charge in [0, 0.05) is 12.0 Å². The fourth-order valence-corrected chi connectivity index (χ4v) is 2.64. The molecular formula is C12H14N2OS. The van der Waals surface area contributed by atoms with Gasteiger partial charge in [-0.15, -0.1) is 0 Å². The van der Waals surface area contributed by atoms with Crippen molar-refractivity contribution in [1.82, 2.24) is 4.98 Å². The van der Waals surface area contributed by atoms with Crippen LogP contribution in [0.3, 0.4) is 0 Å². The molecule has 1 aromatic heterocycles. The molecule has 0 unspecified atom stereocenters. The minimum Gasteiger partial charge on any atom is -0.396 e. The number of benzene rings is 1. The fourth-order valence-electron chi connectivity index (χ4n) is 1.78. The molecule has 3 nitrogen and oxygen atoms in total. The topological polar surface area (TPSA) is 45.1 Å². The van der Waals surface area contributed by atoms with Gasteiger partial charge in [-0.2, -0.15) is 0 Å². The molecule has 0 aliphatic heterocycles. The molecule has 1 saturated carbocycles. The van der Waals surface area contributed by atoms with Crippen LogP contribution in [-0.4, -0.2) is 23.2 Å². The number of para-hydroxylation sites is 1. The maximum Gasteiger partial charge on any atom is 0.183 e. The van der Waals surface area contributed by atoms with E-state index in [0.29, 0.717) is 0 Å². The summed E-state index contributed by atoms with van der Waals surface area (Å²) in [6, 6.07) is 8.13. The molecule has 1 aliphatic carbocycles. The Hall–Kier alpha value is -1.13. The van der Waals surface area contributed by atoms with Gasteiger partial charge in [0.05, 0.1) is 16.8 Å². The molecule has 16 heavy (non-hydrogen) atoms. The number of nitrogens with one attached hydrogen (secondary N) is 1. The Labute approximate surface area is 98.1 Å². The molecule has 1 aromatic carbocycles. The molecule has 1 heterocycles. The normalized spacial score (nSPS) is 17.6. The summed E-state index contributed by atoms with van der Waals surface area (Å²) < 4.78 is 1.21. The number of nitrogens with zero attached hydrogens (tertiary/aromatic N) is 1. The number of thiazole rings is 1. The third kappa shape index (κ3) is 1.79. The second kappa shape index (κ2) is 3.71.